The Labute approximate surface area is 115 Å². The fourth-order valence-electron chi connectivity index (χ4n) is 2.20. The summed E-state index contributed by atoms with van der Waals surface area (Å²) in [6.45, 7) is 4.53. The largest absolute Gasteiger partial charge is 0.314 e. The molecule has 6 heteroatoms. The lowest BCUT2D eigenvalue weighted by atomic mass is 10.1. The predicted molar refractivity (Wildman–Crippen MR) is 77.4 cm³/mol. The van der Waals surface area contributed by atoms with Crippen LogP contribution in [0.1, 0.15) is 18.9 Å². The minimum Gasteiger partial charge on any atom is -0.314 e. The van der Waals surface area contributed by atoms with Gasteiger partial charge in [-0.2, -0.15) is 12.7 Å². The van der Waals surface area contributed by atoms with E-state index in [0.717, 1.165) is 18.4 Å². The maximum Gasteiger partial charge on any atom is 0.301 e. The number of benzene rings is 1. The molecule has 0 aliphatic carbocycles. The number of aryl methyl sites for hydroxylation is 1. The van der Waals surface area contributed by atoms with Gasteiger partial charge in [0.05, 0.1) is 5.69 Å². The molecule has 0 aromatic heterocycles. The summed E-state index contributed by atoms with van der Waals surface area (Å²) in [4.78, 5) is 0. The summed E-state index contributed by atoms with van der Waals surface area (Å²) < 4.78 is 28.8. The summed E-state index contributed by atoms with van der Waals surface area (Å²) in [6.07, 6.45) is 1.87. The molecule has 0 atom stereocenters. The van der Waals surface area contributed by atoms with Crippen molar-refractivity contribution in [2.75, 3.05) is 30.9 Å². The molecule has 0 spiro atoms. The molecule has 0 bridgehead atoms. The van der Waals surface area contributed by atoms with Crippen molar-refractivity contribution in [2.24, 2.45) is 0 Å². The van der Waals surface area contributed by atoms with Crippen LogP contribution in [0.4, 0.5) is 5.69 Å². The Balaban J connectivity index is 2.15. The first-order valence-electron chi connectivity index (χ1n) is 6.70. The van der Waals surface area contributed by atoms with E-state index >= 15 is 0 Å². The second kappa shape index (κ2) is 6.36. The fourth-order valence-corrected chi connectivity index (χ4v) is 3.46. The molecule has 1 heterocycles. The first-order chi connectivity index (χ1) is 9.13. The lowest BCUT2D eigenvalue weighted by Gasteiger charge is -2.27. The highest BCUT2D eigenvalue weighted by atomic mass is 32.2. The van der Waals surface area contributed by atoms with Crippen molar-refractivity contribution in [3.63, 3.8) is 0 Å². The monoisotopic (exact) mass is 283 g/mol. The standard InChI is InChI=1S/C13H21N3O2S/c1-2-5-12-6-3-4-7-13(12)15-19(17,18)16-10-8-14-9-11-16/h3-4,6-7,14-15H,2,5,8-11H2,1H3. The van der Waals surface area contributed by atoms with Crippen LogP contribution in [0.15, 0.2) is 24.3 Å². The Morgan fingerprint density at radius 2 is 1.95 bits per heavy atom. The van der Waals surface area contributed by atoms with Gasteiger partial charge < -0.3 is 5.32 Å². The summed E-state index contributed by atoms with van der Waals surface area (Å²) in [6, 6.07) is 7.59. The van der Waals surface area contributed by atoms with Crippen molar-refractivity contribution < 1.29 is 8.42 Å². The van der Waals surface area contributed by atoms with Gasteiger partial charge >= 0.3 is 10.2 Å². The van der Waals surface area contributed by atoms with Crippen LogP contribution in [0.25, 0.3) is 0 Å². The Hall–Kier alpha value is -1.11. The SMILES string of the molecule is CCCc1ccccc1NS(=O)(=O)N1CCNCC1. The normalized spacial score (nSPS) is 17.3. The van der Waals surface area contributed by atoms with Crippen LogP contribution in [-0.2, 0) is 16.6 Å². The van der Waals surface area contributed by atoms with Crippen LogP contribution in [0, 0.1) is 0 Å². The third-order valence-corrected chi connectivity index (χ3v) is 4.71. The van der Waals surface area contributed by atoms with Crippen LogP contribution >= 0.6 is 0 Å². The number of nitrogens with one attached hydrogen (secondary N) is 2. The maximum atomic E-state index is 12.3. The van der Waals surface area contributed by atoms with Crippen molar-refractivity contribution in [3.8, 4) is 0 Å². The van der Waals surface area contributed by atoms with Crippen LogP contribution in [0.5, 0.6) is 0 Å². The predicted octanol–water partition coefficient (Wildman–Crippen LogP) is 1.20. The van der Waals surface area contributed by atoms with Gasteiger partial charge in [-0.15, -0.1) is 0 Å². The second-order valence-corrected chi connectivity index (χ2v) is 6.33. The topological polar surface area (TPSA) is 61.4 Å². The molecule has 0 unspecified atom stereocenters. The van der Waals surface area contributed by atoms with E-state index in [9.17, 15) is 8.42 Å². The molecular formula is C13H21N3O2S. The minimum absolute atomic E-state index is 0.519. The molecule has 1 fully saturated rings. The zero-order valence-electron chi connectivity index (χ0n) is 11.2. The van der Waals surface area contributed by atoms with Gasteiger partial charge in [0.2, 0.25) is 0 Å². The van der Waals surface area contributed by atoms with E-state index in [1.165, 1.54) is 4.31 Å². The maximum absolute atomic E-state index is 12.3. The van der Waals surface area contributed by atoms with E-state index in [4.69, 9.17) is 0 Å². The van der Waals surface area contributed by atoms with Crippen molar-refractivity contribution in [2.45, 2.75) is 19.8 Å². The summed E-state index contributed by atoms with van der Waals surface area (Å²) >= 11 is 0. The molecule has 106 valence electrons. The van der Waals surface area contributed by atoms with Crippen LogP contribution in [0.3, 0.4) is 0 Å². The Bertz CT molecular complexity index is 510. The second-order valence-electron chi connectivity index (χ2n) is 4.66. The van der Waals surface area contributed by atoms with Gasteiger partial charge in [0, 0.05) is 26.2 Å². The highest BCUT2D eigenvalue weighted by Crippen LogP contribution is 2.19. The number of nitrogens with zero attached hydrogens (tertiary/aromatic N) is 1. The summed E-state index contributed by atoms with van der Waals surface area (Å²) in [5.74, 6) is 0. The van der Waals surface area contributed by atoms with Gasteiger partial charge in [-0.3, -0.25) is 4.72 Å². The molecule has 1 aromatic rings. The molecule has 1 saturated heterocycles. The van der Waals surface area contributed by atoms with E-state index in [1.807, 2.05) is 24.3 Å². The average Bonchev–Trinajstić information content (AvgIpc) is 2.42. The molecular weight excluding hydrogens is 262 g/mol. The van der Waals surface area contributed by atoms with E-state index in [2.05, 4.69) is 17.0 Å². The van der Waals surface area contributed by atoms with Gasteiger partial charge in [-0.25, -0.2) is 0 Å². The smallest absolute Gasteiger partial charge is 0.301 e. The van der Waals surface area contributed by atoms with Crippen LogP contribution < -0.4 is 10.0 Å². The van der Waals surface area contributed by atoms with Gasteiger partial charge in [0.1, 0.15) is 0 Å². The molecule has 0 radical (unpaired) electrons. The lowest BCUT2D eigenvalue weighted by molar-refractivity contribution is 0.362. The molecule has 2 rings (SSSR count). The van der Waals surface area contributed by atoms with E-state index in [-0.39, 0.29) is 0 Å². The summed E-state index contributed by atoms with van der Waals surface area (Å²) in [5.41, 5.74) is 1.74. The first-order valence-corrected chi connectivity index (χ1v) is 8.14. The number of hydrogen-bond acceptors (Lipinski definition) is 3. The van der Waals surface area contributed by atoms with Crippen LogP contribution in [-0.4, -0.2) is 38.9 Å². The highest BCUT2D eigenvalue weighted by molar-refractivity contribution is 7.90. The van der Waals surface area contributed by atoms with E-state index < -0.39 is 10.2 Å². The fraction of sp³-hybridized carbons (Fsp3) is 0.538. The van der Waals surface area contributed by atoms with E-state index in [0.29, 0.717) is 31.9 Å². The molecule has 1 aliphatic heterocycles. The van der Waals surface area contributed by atoms with Gasteiger partial charge in [0.15, 0.2) is 0 Å². The number of rotatable bonds is 5. The number of piperazine rings is 1. The van der Waals surface area contributed by atoms with Crippen molar-refractivity contribution >= 4 is 15.9 Å². The lowest BCUT2D eigenvalue weighted by Crippen LogP contribution is -2.48. The Morgan fingerprint density at radius 1 is 1.26 bits per heavy atom. The molecule has 1 aromatic carbocycles. The molecule has 2 N–H and O–H groups in total. The highest BCUT2D eigenvalue weighted by Gasteiger charge is 2.24. The van der Waals surface area contributed by atoms with Crippen LogP contribution in [0.2, 0.25) is 0 Å². The number of hydrogen-bond donors (Lipinski definition) is 2. The summed E-state index contributed by atoms with van der Waals surface area (Å²) in [7, 11) is -3.43. The van der Waals surface area contributed by atoms with Crippen molar-refractivity contribution in [1.29, 1.82) is 0 Å². The first kappa shape index (κ1) is 14.3. The zero-order chi connectivity index (χ0) is 13.7. The molecule has 0 amide bonds. The number of para-hydroxylation sites is 1. The third-order valence-electron chi connectivity index (χ3n) is 3.19. The summed E-state index contributed by atoms with van der Waals surface area (Å²) in [5, 5.41) is 3.15. The Kier molecular flexibility index (Phi) is 4.79. The van der Waals surface area contributed by atoms with E-state index in [1.54, 1.807) is 0 Å². The molecule has 5 nitrogen and oxygen atoms in total. The van der Waals surface area contributed by atoms with Crippen molar-refractivity contribution in [1.82, 2.24) is 9.62 Å². The van der Waals surface area contributed by atoms with Gasteiger partial charge in [0.25, 0.3) is 0 Å². The molecule has 19 heavy (non-hydrogen) atoms. The number of anilines is 1. The molecule has 0 saturated carbocycles. The quantitative estimate of drug-likeness (QED) is 0.853. The van der Waals surface area contributed by atoms with Gasteiger partial charge in [-0.1, -0.05) is 31.5 Å². The molecule has 1 aliphatic rings. The minimum atomic E-state index is -3.43. The third kappa shape index (κ3) is 3.68. The Morgan fingerprint density at radius 3 is 2.63 bits per heavy atom. The average molecular weight is 283 g/mol. The van der Waals surface area contributed by atoms with Gasteiger partial charge in [-0.05, 0) is 18.1 Å². The van der Waals surface area contributed by atoms with Crippen molar-refractivity contribution in [3.05, 3.63) is 29.8 Å². The zero-order valence-corrected chi connectivity index (χ0v) is 12.0.